The number of anilines is 2. The second kappa shape index (κ2) is 14.3. The Balaban J connectivity index is 0.000000180. The molecule has 2 aromatic rings. The molecule has 224 valence electrons. The van der Waals surface area contributed by atoms with Crippen molar-refractivity contribution < 1.29 is 18.9 Å². The summed E-state index contributed by atoms with van der Waals surface area (Å²) in [6.07, 6.45) is 2.18. The van der Waals surface area contributed by atoms with E-state index in [9.17, 15) is 5.26 Å². The van der Waals surface area contributed by atoms with Crippen LogP contribution < -0.4 is 39.8 Å². The first kappa shape index (κ1) is 29.6. The molecule has 10 nitrogen and oxygen atoms in total. The van der Waals surface area contributed by atoms with E-state index in [-0.39, 0.29) is 4.99 Å². The molecule has 4 heterocycles. The van der Waals surface area contributed by atoms with Gasteiger partial charge < -0.3 is 44.7 Å². The highest BCUT2D eigenvalue weighted by molar-refractivity contribution is 7.80. The van der Waals surface area contributed by atoms with Crippen molar-refractivity contribution in [3.05, 3.63) is 47.7 Å². The molecule has 0 atom stereocenters. The summed E-state index contributed by atoms with van der Waals surface area (Å²) in [5, 5.41) is 12.7. The number of fused-ring (bicyclic) bond motifs is 2. The normalized spacial score (nSPS) is 18.8. The fourth-order valence-electron chi connectivity index (χ4n) is 5.54. The Morgan fingerprint density at radius 2 is 1.33 bits per heavy atom. The molecular formula is C31H40N6O4S. The molecule has 2 fully saturated rings. The van der Waals surface area contributed by atoms with Crippen LogP contribution in [0.5, 0.6) is 23.0 Å². The lowest BCUT2D eigenvalue weighted by Gasteiger charge is -2.27. The first-order valence-corrected chi connectivity index (χ1v) is 15.1. The number of rotatable bonds is 4. The lowest BCUT2D eigenvalue weighted by molar-refractivity contribution is 0.171. The van der Waals surface area contributed by atoms with E-state index in [4.69, 9.17) is 36.9 Å². The van der Waals surface area contributed by atoms with Crippen molar-refractivity contribution in [2.45, 2.75) is 19.8 Å². The van der Waals surface area contributed by atoms with Gasteiger partial charge in [-0.25, -0.2) is 0 Å². The van der Waals surface area contributed by atoms with Crippen molar-refractivity contribution in [2.24, 2.45) is 5.73 Å². The van der Waals surface area contributed by atoms with Gasteiger partial charge in [-0.15, -0.1) is 0 Å². The topological polar surface area (TPSA) is 108 Å². The Labute approximate surface area is 253 Å². The standard InChI is InChI=1S/C18H22N4O2S.C13H18N2O2/c1-13(15(12-19)18(20)25)21-5-2-6-22(8-7-21)14-3-4-16-17(11-14)24-10-9-23-16;1-4-14-5-7-15(6-1)11-2-3-12-13(10-11)17-9-8-16-12/h3-4,11H,2,5-10H2,1H3,(H2,20,25);2-3,10,14H,1,4-9H2/b15-13-;. The van der Waals surface area contributed by atoms with Crippen LogP contribution in [-0.4, -0.2) is 88.7 Å². The number of benzene rings is 2. The number of thiocarbonyl (C=S) groups is 1. The van der Waals surface area contributed by atoms with Gasteiger partial charge in [-0.2, -0.15) is 5.26 Å². The maximum absolute atomic E-state index is 9.27. The van der Waals surface area contributed by atoms with Crippen LogP contribution >= 0.6 is 12.2 Å². The molecule has 4 aliphatic rings. The summed E-state index contributed by atoms with van der Waals surface area (Å²) in [6, 6.07) is 14.4. The van der Waals surface area contributed by atoms with Gasteiger partial charge in [-0.1, -0.05) is 12.2 Å². The molecule has 0 aliphatic carbocycles. The highest BCUT2D eigenvalue weighted by atomic mass is 32.1. The third-order valence-corrected chi connectivity index (χ3v) is 8.02. The third kappa shape index (κ3) is 7.30. The van der Waals surface area contributed by atoms with Crippen LogP contribution in [0.2, 0.25) is 0 Å². The smallest absolute Gasteiger partial charge is 0.163 e. The zero-order valence-electron chi connectivity index (χ0n) is 24.3. The van der Waals surface area contributed by atoms with Crippen LogP contribution in [0.3, 0.4) is 0 Å². The number of nitriles is 1. The Hall–Kier alpha value is -3.88. The van der Waals surface area contributed by atoms with Gasteiger partial charge in [-0.05, 0) is 50.6 Å². The first-order chi connectivity index (χ1) is 20.5. The van der Waals surface area contributed by atoms with Gasteiger partial charge in [0.15, 0.2) is 23.0 Å². The van der Waals surface area contributed by atoms with E-state index in [0.717, 1.165) is 93.2 Å². The summed E-state index contributed by atoms with van der Waals surface area (Å²) in [6.45, 7) is 12.2. The molecule has 3 N–H and O–H groups in total. The first-order valence-electron chi connectivity index (χ1n) is 14.7. The van der Waals surface area contributed by atoms with E-state index in [1.54, 1.807) is 0 Å². The highest BCUT2D eigenvalue weighted by Gasteiger charge is 2.20. The van der Waals surface area contributed by atoms with E-state index < -0.39 is 0 Å². The number of ether oxygens (including phenoxy) is 4. The molecule has 0 unspecified atom stereocenters. The summed E-state index contributed by atoms with van der Waals surface area (Å²) in [5.41, 5.74) is 9.29. The maximum Gasteiger partial charge on any atom is 0.163 e. The predicted octanol–water partition coefficient (Wildman–Crippen LogP) is 3.31. The van der Waals surface area contributed by atoms with Crippen LogP contribution in [0.1, 0.15) is 19.8 Å². The Bertz CT molecular complexity index is 1320. The fourth-order valence-corrected chi connectivity index (χ4v) is 5.74. The molecule has 0 aromatic heterocycles. The minimum Gasteiger partial charge on any atom is -0.486 e. The second-order valence-electron chi connectivity index (χ2n) is 10.5. The van der Waals surface area contributed by atoms with Crippen molar-refractivity contribution in [1.29, 1.82) is 5.26 Å². The van der Waals surface area contributed by atoms with Crippen molar-refractivity contribution >= 4 is 28.6 Å². The number of hydrogen-bond acceptors (Lipinski definition) is 10. The molecular weight excluding hydrogens is 552 g/mol. The molecule has 4 aliphatic heterocycles. The van der Waals surface area contributed by atoms with Crippen molar-refractivity contribution in [1.82, 2.24) is 10.2 Å². The number of hydrogen-bond donors (Lipinski definition) is 2. The molecule has 0 spiro atoms. The monoisotopic (exact) mass is 592 g/mol. The molecule has 0 saturated carbocycles. The minimum absolute atomic E-state index is 0.160. The second-order valence-corrected chi connectivity index (χ2v) is 11.0. The van der Waals surface area contributed by atoms with Crippen LogP contribution in [0.25, 0.3) is 0 Å². The molecule has 0 amide bonds. The van der Waals surface area contributed by atoms with E-state index in [2.05, 4.69) is 44.3 Å². The maximum atomic E-state index is 9.27. The quantitative estimate of drug-likeness (QED) is 0.310. The number of allylic oxidation sites excluding steroid dienone is 1. The van der Waals surface area contributed by atoms with Crippen molar-refractivity contribution in [2.75, 3.05) is 88.6 Å². The van der Waals surface area contributed by atoms with E-state index in [1.807, 2.05) is 25.1 Å². The van der Waals surface area contributed by atoms with Gasteiger partial charge >= 0.3 is 0 Å². The highest BCUT2D eigenvalue weighted by Crippen LogP contribution is 2.35. The average molecular weight is 593 g/mol. The number of nitrogens with two attached hydrogens (primary N) is 1. The van der Waals surface area contributed by atoms with Crippen LogP contribution in [0.4, 0.5) is 11.4 Å². The van der Waals surface area contributed by atoms with Crippen molar-refractivity contribution in [3.63, 3.8) is 0 Å². The number of nitrogens with one attached hydrogen (secondary N) is 1. The minimum atomic E-state index is 0.160. The van der Waals surface area contributed by atoms with Gasteiger partial charge in [0.1, 0.15) is 43.1 Å². The predicted molar refractivity (Wildman–Crippen MR) is 168 cm³/mol. The lowest BCUT2D eigenvalue weighted by atomic mass is 10.2. The summed E-state index contributed by atoms with van der Waals surface area (Å²) in [4.78, 5) is 7.08. The zero-order chi connectivity index (χ0) is 29.3. The van der Waals surface area contributed by atoms with Crippen molar-refractivity contribution in [3.8, 4) is 29.1 Å². The molecule has 0 bridgehead atoms. The number of nitrogens with zero attached hydrogens (tertiary/aromatic N) is 4. The van der Waals surface area contributed by atoms with Crippen LogP contribution in [0.15, 0.2) is 47.7 Å². The summed E-state index contributed by atoms with van der Waals surface area (Å²) >= 11 is 4.99. The third-order valence-electron chi connectivity index (χ3n) is 7.81. The molecule has 6 rings (SSSR count). The molecule has 0 radical (unpaired) electrons. The Morgan fingerprint density at radius 1 is 0.762 bits per heavy atom. The van der Waals surface area contributed by atoms with E-state index >= 15 is 0 Å². The van der Waals surface area contributed by atoms with Crippen LogP contribution in [-0.2, 0) is 0 Å². The SMILES string of the molecule is C/C(=C(\C#N)C(N)=S)N1CCCN(c2ccc3c(c2)OCCO3)CC1.c1cc2c(cc1N1CCCNCC1)OCCO2. The molecule has 11 heteroatoms. The largest absolute Gasteiger partial charge is 0.486 e. The summed E-state index contributed by atoms with van der Waals surface area (Å²) < 4.78 is 22.4. The molecule has 42 heavy (non-hydrogen) atoms. The van der Waals surface area contributed by atoms with Gasteiger partial charge in [-0.3, -0.25) is 0 Å². The average Bonchev–Trinajstić information content (AvgIpc) is 3.45. The lowest BCUT2D eigenvalue weighted by Crippen LogP contribution is -2.31. The zero-order valence-corrected chi connectivity index (χ0v) is 25.1. The van der Waals surface area contributed by atoms with E-state index in [1.165, 1.54) is 12.1 Å². The molecule has 2 aromatic carbocycles. The van der Waals surface area contributed by atoms with Gasteiger partial charge in [0.05, 0.1) is 0 Å². The van der Waals surface area contributed by atoms with Crippen LogP contribution in [0, 0.1) is 11.3 Å². The fraction of sp³-hybridized carbons (Fsp3) is 0.484. The Morgan fingerprint density at radius 3 is 1.93 bits per heavy atom. The van der Waals surface area contributed by atoms with Gasteiger partial charge in [0.2, 0.25) is 0 Å². The van der Waals surface area contributed by atoms with Gasteiger partial charge in [0.25, 0.3) is 0 Å². The molecule has 2 saturated heterocycles. The summed E-state index contributed by atoms with van der Waals surface area (Å²) in [5.74, 6) is 3.36. The Kier molecular flexibility index (Phi) is 10.1. The summed E-state index contributed by atoms with van der Waals surface area (Å²) in [7, 11) is 0. The van der Waals surface area contributed by atoms with Gasteiger partial charge in [0, 0.05) is 75.0 Å². The van der Waals surface area contributed by atoms with E-state index in [0.29, 0.717) is 32.0 Å².